The fourth-order valence-electron chi connectivity index (χ4n) is 12.8. The van der Waals surface area contributed by atoms with E-state index >= 15 is 0 Å². The summed E-state index contributed by atoms with van der Waals surface area (Å²) in [5.74, 6) is 2.34. The van der Waals surface area contributed by atoms with Crippen molar-refractivity contribution in [3.05, 3.63) is 288 Å². The normalized spacial score (nSPS) is 13.6. The Kier molecular flexibility index (Phi) is 11.5. The zero-order valence-corrected chi connectivity index (χ0v) is 46.2. The third-order valence-electron chi connectivity index (χ3n) is 16.7. The van der Waals surface area contributed by atoms with E-state index in [1.165, 1.54) is 72.3 Å². The van der Waals surface area contributed by atoms with Crippen LogP contribution in [0, 0.1) is 0 Å². The van der Waals surface area contributed by atoms with E-state index in [9.17, 15) is 0 Å². The van der Waals surface area contributed by atoms with Crippen molar-refractivity contribution in [1.29, 1.82) is 0 Å². The highest BCUT2D eigenvalue weighted by Crippen LogP contribution is 2.57. The van der Waals surface area contributed by atoms with Gasteiger partial charge in [-0.15, -0.1) is 0 Å². The topological polar surface area (TPSA) is 33.5 Å². The van der Waals surface area contributed by atoms with Gasteiger partial charge in [-0.2, -0.15) is 0 Å². The van der Waals surface area contributed by atoms with Crippen molar-refractivity contribution in [1.82, 2.24) is 9.55 Å². The molecule has 5 nitrogen and oxygen atoms in total. The lowest BCUT2D eigenvalue weighted by Gasteiger charge is -2.34. The Labute approximate surface area is 469 Å². The third kappa shape index (κ3) is 8.02. The fraction of sp³-hybridized carbons (Fsp3) is 0.133. The van der Waals surface area contributed by atoms with Crippen LogP contribution in [-0.2, 0) is 16.2 Å². The number of pyridine rings is 1. The number of para-hydroxylation sites is 2. The van der Waals surface area contributed by atoms with E-state index in [1.807, 2.05) is 6.20 Å². The number of anilines is 4. The highest BCUT2D eigenvalue weighted by molar-refractivity contribution is 6.10. The lowest BCUT2D eigenvalue weighted by Crippen LogP contribution is -2.28. The van der Waals surface area contributed by atoms with Crippen molar-refractivity contribution in [3.8, 4) is 50.7 Å². The average molecular weight is 1040 g/mol. The largest absolute Gasteiger partial charge is 0.457 e. The van der Waals surface area contributed by atoms with Gasteiger partial charge in [-0.25, -0.2) is 4.98 Å². The molecule has 2 aromatic heterocycles. The number of hydrogen-bond acceptors (Lipinski definition) is 4. The van der Waals surface area contributed by atoms with Crippen molar-refractivity contribution < 1.29 is 4.74 Å². The third-order valence-corrected chi connectivity index (χ3v) is 16.7. The second kappa shape index (κ2) is 18.9. The standard InChI is InChI=1S/C75H62N4O/c1-73(2,3)53-37-39-61-62-40-38-58(48-70(62)79(69(61)45-53)71-46-54(41-42-76-71)75(52-27-14-9-15-28-52)65-33-18-16-31-59(65)60-32-17-19-34-66(60)75)80-57-30-22-29-56(47-57)77-49-78(68-36-21-20-35-67(68)77)72-63(50-23-10-7-11-24-50)43-55(74(4,5)6)44-64(72)51-25-12-8-13-26-51/h7-48H,49H2,1-6H3. The van der Waals surface area contributed by atoms with Crippen LogP contribution in [0.25, 0.3) is 61.0 Å². The zero-order chi connectivity index (χ0) is 54.3. The van der Waals surface area contributed by atoms with Gasteiger partial charge in [-0.3, -0.25) is 4.57 Å². The molecule has 0 atom stereocenters. The number of ether oxygens (including phenoxy) is 1. The van der Waals surface area contributed by atoms with Gasteiger partial charge >= 0.3 is 0 Å². The first kappa shape index (κ1) is 48.9. The van der Waals surface area contributed by atoms with Gasteiger partial charge in [0.2, 0.25) is 0 Å². The smallest absolute Gasteiger partial charge is 0.137 e. The summed E-state index contributed by atoms with van der Waals surface area (Å²) in [7, 11) is 0. The Bertz CT molecular complexity index is 4230. The monoisotopic (exact) mass is 1030 g/mol. The lowest BCUT2D eigenvalue weighted by molar-refractivity contribution is 0.483. The van der Waals surface area contributed by atoms with Crippen molar-refractivity contribution >= 4 is 44.6 Å². The van der Waals surface area contributed by atoms with E-state index in [0.717, 1.165) is 56.4 Å². The fourth-order valence-corrected chi connectivity index (χ4v) is 12.8. The molecule has 14 rings (SSSR count). The first-order valence-electron chi connectivity index (χ1n) is 28.0. The van der Waals surface area contributed by atoms with Crippen molar-refractivity contribution in [2.24, 2.45) is 0 Å². The Morgan fingerprint density at radius 3 is 1.57 bits per heavy atom. The van der Waals surface area contributed by atoms with Crippen LogP contribution in [0.5, 0.6) is 11.5 Å². The minimum Gasteiger partial charge on any atom is -0.457 e. The molecule has 0 saturated carbocycles. The molecular formula is C75H62N4O. The van der Waals surface area contributed by atoms with E-state index in [0.29, 0.717) is 6.67 Å². The molecule has 12 aromatic rings. The van der Waals surface area contributed by atoms with E-state index in [-0.39, 0.29) is 10.8 Å². The molecule has 0 saturated heterocycles. The highest BCUT2D eigenvalue weighted by atomic mass is 16.5. The van der Waals surface area contributed by atoms with Crippen LogP contribution in [0.1, 0.15) is 74.9 Å². The number of hydrogen-bond donors (Lipinski definition) is 0. The quantitative estimate of drug-likeness (QED) is 0.144. The molecule has 1 aliphatic carbocycles. The number of aromatic nitrogens is 2. The number of nitrogens with zero attached hydrogens (tertiary/aromatic N) is 4. The molecule has 1 aliphatic heterocycles. The van der Waals surface area contributed by atoms with Crippen LogP contribution in [-0.4, -0.2) is 16.2 Å². The Balaban J connectivity index is 0.880. The summed E-state index contributed by atoms with van der Waals surface area (Å²) in [4.78, 5) is 10.2. The summed E-state index contributed by atoms with van der Waals surface area (Å²) >= 11 is 0. The van der Waals surface area contributed by atoms with Crippen LogP contribution in [0.15, 0.2) is 255 Å². The zero-order valence-electron chi connectivity index (χ0n) is 46.2. The molecule has 0 fully saturated rings. The molecule has 0 bridgehead atoms. The maximum atomic E-state index is 7.03. The molecule has 0 N–H and O–H groups in total. The van der Waals surface area contributed by atoms with Crippen molar-refractivity contribution in [2.45, 2.75) is 57.8 Å². The van der Waals surface area contributed by atoms with E-state index in [1.54, 1.807) is 0 Å². The lowest BCUT2D eigenvalue weighted by atomic mass is 9.68. The summed E-state index contributed by atoms with van der Waals surface area (Å²) in [6.45, 7) is 14.4. The molecule has 3 heterocycles. The molecule has 80 heavy (non-hydrogen) atoms. The number of benzene rings is 10. The first-order valence-corrected chi connectivity index (χ1v) is 28.0. The first-order chi connectivity index (χ1) is 38.9. The molecule has 5 heteroatoms. The van der Waals surface area contributed by atoms with Crippen LogP contribution in [0.2, 0.25) is 0 Å². The van der Waals surface area contributed by atoms with Crippen LogP contribution >= 0.6 is 0 Å². The minimum atomic E-state index is -0.571. The van der Waals surface area contributed by atoms with Gasteiger partial charge in [0.25, 0.3) is 0 Å². The van der Waals surface area contributed by atoms with E-state index in [2.05, 4.69) is 305 Å². The van der Waals surface area contributed by atoms with Gasteiger partial charge in [0.15, 0.2) is 0 Å². The molecule has 0 radical (unpaired) electrons. The molecule has 388 valence electrons. The maximum Gasteiger partial charge on any atom is 0.137 e. The average Bonchev–Trinajstić information content (AvgIpc) is 3.40. The van der Waals surface area contributed by atoms with Crippen molar-refractivity contribution in [3.63, 3.8) is 0 Å². The summed E-state index contributed by atoms with van der Waals surface area (Å²) in [6, 6.07) is 90.8. The number of rotatable bonds is 9. The molecule has 10 aromatic carbocycles. The van der Waals surface area contributed by atoms with Gasteiger partial charge in [0.05, 0.1) is 33.5 Å². The molecule has 0 amide bonds. The van der Waals surface area contributed by atoms with Gasteiger partial charge in [0.1, 0.15) is 24.0 Å². The highest BCUT2D eigenvalue weighted by Gasteiger charge is 2.46. The van der Waals surface area contributed by atoms with Crippen LogP contribution in [0.3, 0.4) is 0 Å². The summed E-state index contributed by atoms with van der Waals surface area (Å²) in [5.41, 5.74) is 20.7. The van der Waals surface area contributed by atoms with E-state index < -0.39 is 5.41 Å². The predicted octanol–water partition coefficient (Wildman–Crippen LogP) is 19.5. The minimum absolute atomic E-state index is 0.0676. The summed E-state index contributed by atoms with van der Waals surface area (Å²) in [6.07, 6.45) is 2.00. The Morgan fingerprint density at radius 2 is 0.950 bits per heavy atom. The molecule has 0 spiro atoms. The Morgan fingerprint density at radius 1 is 0.412 bits per heavy atom. The van der Waals surface area contributed by atoms with Crippen LogP contribution in [0.4, 0.5) is 22.7 Å². The Hall–Kier alpha value is -9.45. The summed E-state index contributed by atoms with van der Waals surface area (Å²) in [5, 5.41) is 2.30. The van der Waals surface area contributed by atoms with Gasteiger partial charge < -0.3 is 14.5 Å². The number of fused-ring (bicyclic) bond motifs is 7. The molecule has 0 unspecified atom stereocenters. The maximum absolute atomic E-state index is 7.03. The SMILES string of the molecule is CC(C)(C)c1cc(-c2ccccc2)c(N2CN(c3cccc(Oc4ccc5c6ccc(C(C)(C)C)cc6n(-c6cc(C7(c8ccccc8)c8ccccc8-c8ccccc87)ccn6)c5c4)c3)c3ccccc32)c(-c2ccccc2)c1. The summed E-state index contributed by atoms with van der Waals surface area (Å²) < 4.78 is 9.39. The second-order valence-electron chi connectivity index (χ2n) is 23.6. The molecular weight excluding hydrogens is 973 g/mol. The molecule has 2 aliphatic rings. The van der Waals surface area contributed by atoms with Gasteiger partial charge in [0, 0.05) is 45.9 Å². The van der Waals surface area contributed by atoms with E-state index in [4.69, 9.17) is 9.72 Å². The second-order valence-corrected chi connectivity index (χ2v) is 23.6. The van der Waals surface area contributed by atoms with Gasteiger partial charge in [-0.1, -0.05) is 211 Å². The van der Waals surface area contributed by atoms with Gasteiger partial charge in [-0.05, 0) is 133 Å². The van der Waals surface area contributed by atoms with Crippen LogP contribution < -0.4 is 14.5 Å². The van der Waals surface area contributed by atoms with Crippen molar-refractivity contribution in [2.75, 3.05) is 16.5 Å². The predicted molar refractivity (Wildman–Crippen MR) is 333 cm³/mol.